The Kier molecular flexibility index (Phi) is 4.79. The minimum absolute atomic E-state index is 0.297. The van der Waals surface area contributed by atoms with Crippen molar-refractivity contribution >= 4 is 29.3 Å². The maximum absolute atomic E-state index is 12.4. The van der Waals surface area contributed by atoms with Crippen LogP contribution in [0.2, 0.25) is 5.02 Å². The van der Waals surface area contributed by atoms with Crippen molar-refractivity contribution in [3.05, 3.63) is 28.8 Å². The van der Waals surface area contributed by atoms with Crippen molar-refractivity contribution in [2.24, 2.45) is 0 Å². The normalized spacial score (nSPS) is 21.2. The molecule has 1 aliphatic heterocycles. The van der Waals surface area contributed by atoms with Crippen LogP contribution >= 0.6 is 23.4 Å². The highest BCUT2D eigenvalue weighted by Gasteiger charge is 2.36. The summed E-state index contributed by atoms with van der Waals surface area (Å²) in [5.41, 5.74) is -0.368. The Morgan fingerprint density at radius 1 is 1.65 bits per heavy atom. The summed E-state index contributed by atoms with van der Waals surface area (Å²) in [7, 11) is 0. The van der Waals surface area contributed by atoms with Gasteiger partial charge < -0.3 is 10.1 Å². The van der Waals surface area contributed by atoms with Crippen molar-refractivity contribution in [3.8, 4) is 11.8 Å². The molecule has 1 heterocycles. The van der Waals surface area contributed by atoms with Crippen LogP contribution in [-0.4, -0.2) is 29.6 Å². The van der Waals surface area contributed by atoms with E-state index in [0.717, 1.165) is 5.75 Å². The van der Waals surface area contributed by atoms with Crippen molar-refractivity contribution < 1.29 is 9.53 Å². The van der Waals surface area contributed by atoms with Crippen LogP contribution in [0.5, 0.6) is 5.75 Å². The molecular weight excluding hydrogens is 296 g/mol. The molecule has 0 unspecified atom stereocenters. The Morgan fingerprint density at radius 3 is 3.05 bits per heavy atom. The van der Waals surface area contributed by atoms with Gasteiger partial charge >= 0.3 is 0 Å². The first-order valence-electron chi connectivity index (χ1n) is 6.34. The molecule has 1 amide bonds. The molecule has 1 aromatic carbocycles. The van der Waals surface area contributed by atoms with Crippen molar-refractivity contribution in [2.75, 3.05) is 18.1 Å². The number of hydrogen-bond acceptors (Lipinski definition) is 4. The van der Waals surface area contributed by atoms with Gasteiger partial charge in [0.15, 0.2) is 0 Å². The summed E-state index contributed by atoms with van der Waals surface area (Å²) in [6.45, 7) is 2.28. The van der Waals surface area contributed by atoms with Gasteiger partial charge in [0.25, 0.3) is 5.91 Å². The number of benzene rings is 1. The average Bonchev–Trinajstić information content (AvgIpc) is 2.88. The number of nitrogens with one attached hydrogen (secondary N) is 1. The fourth-order valence-electron chi connectivity index (χ4n) is 2.02. The Morgan fingerprint density at radius 2 is 2.45 bits per heavy atom. The highest BCUT2D eigenvalue weighted by molar-refractivity contribution is 7.99. The zero-order valence-electron chi connectivity index (χ0n) is 11.1. The maximum Gasteiger partial charge on any atom is 0.256 e. The van der Waals surface area contributed by atoms with Gasteiger partial charge in [-0.25, -0.2) is 0 Å². The molecule has 1 atom stereocenters. The quantitative estimate of drug-likeness (QED) is 0.929. The number of hydrogen-bond donors (Lipinski definition) is 1. The van der Waals surface area contributed by atoms with Gasteiger partial charge in [0.1, 0.15) is 11.3 Å². The van der Waals surface area contributed by atoms with Crippen LogP contribution in [0.1, 0.15) is 23.7 Å². The number of halogens is 1. The molecule has 2 rings (SSSR count). The molecule has 1 saturated heterocycles. The van der Waals surface area contributed by atoms with Gasteiger partial charge in [-0.3, -0.25) is 4.79 Å². The summed E-state index contributed by atoms with van der Waals surface area (Å²) in [6.07, 6.45) is 0.664. The molecule has 0 saturated carbocycles. The molecule has 6 heteroatoms. The van der Waals surface area contributed by atoms with E-state index >= 15 is 0 Å². The first kappa shape index (κ1) is 15.0. The molecule has 106 valence electrons. The number of amides is 1. The lowest BCUT2D eigenvalue weighted by atomic mass is 10.0. The Balaban J connectivity index is 2.23. The molecule has 0 aromatic heterocycles. The second-order valence-electron chi connectivity index (χ2n) is 4.52. The molecule has 0 radical (unpaired) electrons. The van der Waals surface area contributed by atoms with Crippen LogP contribution in [0.3, 0.4) is 0 Å². The van der Waals surface area contributed by atoms with Crippen LogP contribution in [-0.2, 0) is 0 Å². The van der Waals surface area contributed by atoms with E-state index < -0.39 is 5.54 Å². The number of carbonyl (C=O) groups is 1. The third kappa shape index (κ3) is 3.20. The molecule has 0 bridgehead atoms. The number of carbonyl (C=O) groups excluding carboxylic acids is 1. The lowest BCUT2D eigenvalue weighted by Crippen LogP contribution is -2.47. The summed E-state index contributed by atoms with van der Waals surface area (Å²) < 4.78 is 5.44. The van der Waals surface area contributed by atoms with Crippen molar-refractivity contribution in [1.82, 2.24) is 5.32 Å². The molecule has 1 N–H and O–H groups in total. The second-order valence-corrected chi connectivity index (χ2v) is 6.07. The molecule has 0 aliphatic carbocycles. The third-order valence-corrected chi connectivity index (χ3v) is 4.50. The SMILES string of the molecule is CCOc1cc(Cl)ccc1C(=O)N[C@]1(C#N)CCSC1. The monoisotopic (exact) mass is 310 g/mol. The minimum atomic E-state index is -0.773. The number of nitriles is 1. The Hall–Kier alpha value is -1.38. The number of thioether (sulfide) groups is 1. The van der Waals surface area contributed by atoms with E-state index in [1.165, 1.54) is 0 Å². The van der Waals surface area contributed by atoms with Crippen molar-refractivity contribution in [3.63, 3.8) is 0 Å². The molecule has 1 fully saturated rings. The van der Waals surface area contributed by atoms with Crippen molar-refractivity contribution in [1.29, 1.82) is 5.26 Å². The molecular formula is C14H15ClN2O2S. The zero-order chi connectivity index (χ0) is 14.6. The predicted molar refractivity (Wildman–Crippen MR) is 80.4 cm³/mol. The predicted octanol–water partition coefficient (Wildman–Crippen LogP) is 2.87. The van der Waals surface area contributed by atoms with E-state index in [4.69, 9.17) is 16.3 Å². The minimum Gasteiger partial charge on any atom is -0.493 e. The fraction of sp³-hybridized carbons (Fsp3) is 0.429. The van der Waals surface area contributed by atoms with Crippen LogP contribution < -0.4 is 10.1 Å². The van der Waals surface area contributed by atoms with Gasteiger partial charge in [0, 0.05) is 10.8 Å². The molecule has 20 heavy (non-hydrogen) atoms. The van der Waals surface area contributed by atoms with Gasteiger partial charge in [0.2, 0.25) is 0 Å². The lowest BCUT2D eigenvalue weighted by Gasteiger charge is -2.22. The molecule has 1 aromatic rings. The summed E-state index contributed by atoms with van der Waals surface area (Å²) in [6, 6.07) is 7.10. The first-order chi connectivity index (χ1) is 9.60. The first-order valence-corrected chi connectivity index (χ1v) is 7.87. The van der Waals surface area contributed by atoms with E-state index in [0.29, 0.717) is 35.1 Å². The maximum atomic E-state index is 12.4. The van der Waals surface area contributed by atoms with E-state index in [1.54, 1.807) is 30.0 Å². The summed E-state index contributed by atoms with van der Waals surface area (Å²) in [4.78, 5) is 12.4. The largest absolute Gasteiger partial charge is 0.493 e. The summed E-state index contributed by atoms with van der Waals surface area (Å²) in [5, 5.41) is 12.6. The van der Waals surface area contributed by atoms with Crippen LogP contribution in [0.15, 0.2) is 18.2 Å². The van der Waals surface area contributed by atoms with Crippen LogP contribution in [0.25, 0.3) is 0 Å². The van der Waals surface area contributed by atoms with Gasteiger partial charge in [-0.2, -0.15) is 17.0 Å². The topological polar surface area (TPSA) is 62.1 Å². The van der Waals surface area contributed by atoms with E-state index in [-0.39, 0.29) is 5.91 Å². The number of nitrogens with zero attached hydrogens (tertiary/aromatic N) is 1. The van der Waals surface area contributed by atoms with E-state index in [1.807, 2.05) is 6.92 Å². The summed E-state index contributed by atoms with van der Waals surface area (Å²) in [5.74, 6) is 1.64. The zero-order valence-corrected chi connectivity index (χ0v) is 12.7. The van der Waals surface area contributed by atoms with Gasteiger partial charge in [-0.05, 0) is 37.3 Å². The second kappa shape index (κ2) is 6.38. The Bertz CT molecular complexity index is 551. The lowest BCUT2D eigenvalue weighted by molar-refractivity contribution is 0.0922. The van der Waals surface area contributed by atoms with Crippen LogP contribution in [0.4, 0.5) is 0 Å². The van der Waals surface area contributed by atoms with Gasteiger partial charge in [-0.1, -0.05) is 11.6 Å². The smallest absolute Gasteiger partial charge is 0.256 e. The fourth-order valence-corrected chi connectivity index (χ4v) is 3.45. The molecule has 4 nitrogen and oxygen atoms in total. The molecule has 1 aliphatic rings. The van der Waals surface area contributed by atoms with Gasteiger partial charge in [-0.15, -0.1) is 0 Å². The Labute approximate surface area is 127 Å². The molecule has 0 spiro atoms. The average molecular weight is 311 g/mol. The highest BCUT2D eigenvalue weighted by Crippen LogP contribution is 2.29. The van der Waals surface area contributed by atoms with E-state index in [9.17, 15) is 10.1 Å². The number of rotatable bonds is 4. The third-order valence-electron chi connectivity index (χ3n) is 3.08. The van der Waals surface area contributed by atoms with Crippen molar-refractivity contribution in [2.45, 2.75) is 18.9 Å². The number of ether oxygens (including phenoxy) is 1. The standard InChI is InChI=1S/C14H15ClN2O2S/c1-2-19-12-7-10(15)3-4-11(12)13(18)17-14(8-16)5-6-20-9-14/h3-4,7H,2,5-6,9H2,1H3,(H,17,18)/t14-/m0/s1. The summed E-state index contributed by atoms with van der Waals surface area (Å²) >= 11 is 7.58. The highest BCUT2D eigenvalue weighted by atomic mass is 35.5. The van der Waals surface area contributed by atoms with Gasteiger partial charge in [0.05, 0.1) is 18.2 Å². The van der Waals surface area contributed by atoms with Crippen LogP contribution in [0, 0.1) is 11.3 Å². The van der Waals surface area contributed by atoms with E-state index in [2.05, 4.69) is 11.4 Å².